The van der Waals surface area contributed by atoms with Crippen LogP contribution in [0.4, 0.5) is 0 Å². The highest BCUT2D eigenvalue weighted by molar-refractivity contribution is 6.35. The van der Waals surface area contributed by atoms with Crippen LogP contribution in [-0.2, 0) is 0 Å². The summed E-state index contributed by atoms with van der Waals surface area (Å²) in [5.41, 5.74) is 0.713. The number of nitrogens with one attached hydrogen (secondary N) is 1. The van der Waals surface area contributed by atoms with E-state index < -0.39 is 0 Å². The Labute approximate surface area is 106 Å². The standard InChI is InChI=1S/C12H13Cl2NO/c1-3-15-6-4-5-9-7-11(14)12(16-2)8-10(9)13/h7-8,15H,3,6H2,1-2H3. The number of hydrogen-bond donors (Lipinski definition) is 1. The lowest BCUT2D eigenvalue weighted by Crippen LogP contribution is -2.11. The lowest BCUT2D eigenvalue weighted by molar-refractivity contribution is 0.415. The Bertz CT molecular complexity index is 421. The van der Waals surface area contributed by atoms with Gasteiger partial charge in [0.15, 0.2) is 0 Å². The molecule has 0 aromatic heterocycles. The van der Waals surface area contributed by atoms with Gasteiger partial charge in [0.25, 0.3) is 0 Å². The Hall–Kier alpha value is -0.880. The maximum Gasteiger partial charge on any atom is 0.139 e. The molecular weight excluding hydrogens is 245 g/mol. The van der Waals surface area contributed by atoms with Crippen molar-refractivity contribution in [1.82, 2.24) is 5.32 Å². The fourth-order valence-corrected chi connectivity index (χ4v) is 1.55. The molecule has 0 bridgehead atoms. The molecule has 16 heavy (non-hydrogen) atoms. The largest absolute Gasteiger partial charge is 0.495 e. The summed E-state index contributed by atoms with van der Waals surface area (Å²) in [6.07, 6.45) is 0. The Kier molecular flexibility index (Phi) is 5.48. The number of hydrogen-bond acceptors (Lipinski definition) is 2. The van der Waals surface area contributed by atoms with Crippen LogP contribution in [0.15, 0.2) is 12.1 Å². The first-order chi connectivity index (χ1) is 7.69. The summed E-state index contributed by atoms with van der Waals surface area (Å²) in [4.78, 5) is 0. The van der Waals surface area contributed by atoms with Gasteiger partial charge in [-0.1, -0.05) is 42.0 Å². The number of ether oxygens (including phenoxy) is 1. The molecule has 0 unspecified atom stereocenters. The van der Waals surface area contributed by atoms with E-state index in [9.17, 15) is 0 Å². The maximum absolute atomic E-state index is 6.03. The summed E-state index contributed by atoms with van der Waals surface area (Å²) >= 11 is 12.0. The van der Waals surface area contributed by atoms with Gasteiger partial charge < -0.3 is 10.1 Å². The molecule has 0 heterocycles. The van der Waals surface area contributed by atoms with Gasteiger partial charge in [-0.15, -0.1) is 0 Å². The van der Waals surface area contributed by atoms with Crippen molar-refractivity contribution in [2.75, 3.05) is 20.2 Å². The molecule has 0 aliphatic heterocycles. The minimum absolute atomic E-state index is 0.514. The van der Waals surface area contributed by atoms with Crippen LogP contribution in [0.2, 0.25) is 10.0 Å². The topological polar surface area (TPSA) is 21.3 Å². The molecule has 86 valence electrons. The first kappa shape index (κ1) is 13.2. The Morgan fingerprint density at radius 3 is 2.69 bits per heavy atom. The molecule has 0 aliphatic rings. The van der Waals surface area contributed by atoms with Crippen LogP contribution in [-0.4, -0.2) is 20.2 Å². The lowest BCUT2D eigenvalue weighted by Gasteiger charge is -2.04. The van der Waals surface area contributed by atoms with E-state index in [4.69, 9.17) is 27.9 Å². The average molecular weight is 258 g/mol. The third-order valence-electron chi connectivity index (χ3n) is 1.93. The second-order valence-electron chi connectivity index (χ2n) is 3.05. The van der Waals surface area contributed by atoms with Gasteiger partial charge in [0.05, 0.1) is 23.7 Å². The molecule has 0 aliphatic carbocycles. The predicted octanol–water partition coefficient (Wildman–Crippen LogP) is 2.96. The number of benzene rings is 1. The summed E-state index contributed by atoms with van der Waals surface area (Å²) in [6, 6.07) is 3.38. The van der Waals surface area contributed by atoms with E-state index in [-0.39, 0.29) is 0 Å². The van der Waals surface area contributed by atoms with E-state index in [1.165, 1.54) is 0 Å². The van der Waals surface area contributed by atoms with E-state index in [2.05, 4.69) is 17.2 Å². The van der Waals surface area contributed by atoms with Crippen molar-refractivity contribution >= 4 is 23.2 Å². The van der Waals surface area contributed by atoms with Crippen LogP contribution in [0.25, 0.3) is 0 Å². The molecule has 2 nitrogen and oxygen atoms in total. The molecule has 1 N–H and O–H groups in total. The third kappa shape index (κ3) is 3.61. The molecule has 1 rings (SSSR count). The third-order valence-corrected chi connectivity index (χ3v) is 2.54. The fourth-order valence-electron chi connectivity index (χ4n) is 1.11. The van der Waals surface area contributed by atoms with Gasteiger partial charge in [-0.05, 0) is 12.6 Å². The molecular formula is C12H13Cl2NO. The van der Waals surface area contributed by atoms with Crippen molar-refractivity contribution in [1.29, 1.82) is 0 Å². The van der Waals surface area contributed by atoms with Crippen LogP contribution in [0, 0.1) is 11.8 Å². The van der Waals surface area contributed by atoms with Gasteiger partial charge in [0, 0.05) is 11.6 Å². The molecule has 0 atom stereocenters. The monoisotopic (exact) mass is 257 g/mol. The Balaban J connectivity index is 2.87. The zero-order valence-corrected chi connectivity index (χ0v) is 10.7. The molecule has 0 saturated heterocycles. The number of rotatable bonds is 3. The van der Waals surface area contributed by atoms with E-state index in [1.807, 2.05) is 6.92 Å². The lowest BCUT2D eigenvalue weighted by atomic mass is 10.2. The molecule has 4 heteroatoms. The molecule has 1 aromatic carbocycles. The van der Waals surface area contributed by atoms with Crippen molar-refractivity contribution in [3.8, 4) is 17.6 Å². The summed E-state index contributed by atoms with van der Waals surface area (Å²) in [7, 11) is 1.55. The summed E-state index contributed by atoms with van der Waals surface area (Å²) in [6.45, 7) is 3.56. The van der Waals surface area contributed by atoms with E-state index in [1.54, 1.807) is 19.2 Å². The summed E-state index contributed by atoms with van der Waals surface area (Å²) in [5, 5.41) is 4.16. The molecule has 0 spiro atoms. The highest BCUT2D eigenvalue weighted by Crippen LogP contribution is 2.30. The van der Waals surface area contributed by atoms with Crippen LogP contribution in [0.5, 0.6) is 5.75 Å². The SMILES string of the molecule is CCNCC#Cc1cc(Cl)c(OC)cc1Cl. The van der Waals surface area contributed by atoms with Crippen molar-refractivity contribution in [2.24, 2.45) is 0 Å². The fraction of sp³-hybridized carbons (Fsp3) is 0.333. The number of methoxy groups -OCH3 is 1. The van der Waals surface area contributed by atoms with Crippen LogP contribution in [0.1, 0.15) is 12.5 Å². The molecule has 0 radical (unpaired) electrons. The second kappa shape index (κ2) is 6.65. The minimum atomic E-state index is 0.514. The van der Waals surface area contributed by atoms with Crippen molar-refractivity contribution in [2.45, 2.75) is 6.92 Å². The van der Waals surface area contributed by atoms with Gasteiger partial charge in [-0.3, -0.25) is 0 Å². The number of halogens is 2. The van der Waals surface area contributed by atoms with Crippen LogP contribution in [0.3, 0.4) is 0 Å². The molecule has 0 saturated carbocycles. The summed E-state index contributed by atoms with van der Waals surface area (Å²) in [5.74, 6) is 6.48. The Morgan fingerprint density at radius 2 is 2.06 bits per heavy atom. The smallest absolute Gasteiger partial charge is 0.139 e. The summed E-state index contributed by atoms with van der Waals surface area (Å²) < 4.78 is 5.05. The van der Waals surface area contributed by atoms with Gasteiger partial charge in [-0.25, -0.2) is 0 Å². The van der Waals surface area contributed by atoms with Gasteiger partial charge in [-0.2, -0.15) is 0 Å². The zero-order chi connectivity index (χ0) is 12.0. The van der Waals surface area contributed by atoms with Crippen molar-refractivity contribution in [3.05, 3.63) is 27.7 Å². The molecule has 0 amide bonds. The van der Waals surface area contributed by atoms with E-state index in [0.29, 0.717) is 27.9 Å². The molecule has 0 fully saturated rings. The highest BCUT2D eigenvalue weighted by atomic mass is 35.5. The van der Waals surface area contributed by atoms with Gasteiger partial charge in [0.2, 0.25) is 0 Å². The molecule has 1 aromatic rings. The maximum atomic E-state index is 6.03. The van der Waals surface area contributed by atoms with Crippen LogP contribution >= 0.6 is 23.2 Å². The quantitative estimate of drug-likeness (QED) is 0.664. The zero-order valence-electron chi connectivity index (χ0n) is 9.23. The van der Waals surface area contributed by atoms with E-state index in [0.717, 1.165) is 6.54 Å². The van der Waals surface area contributed by atoms with Gasteiger partial charge >= 0.3 is 0 Å². The van der Waals surface area contributed by atoms with Gasteiger partial charge in [0.1, 0.15) is 5.75 Å². The van der Waals surface area contributed by atoms with E-state index >= 15 is 0 Å². The normalized spacial score (nSPS) is 9.50. The van der Waals surface area contributed by atoms with Crippen LogP contribution < -0.4 is 10.1 Å². The first-order valence-corrected chi connectivity index (χ1v) is 5.67. The first-order valence-electron chi connectivity index (χ1n) is 4.91. The second-order valence-corrected chi connectivity index (χ2v) is 3.86. The van der Waals surface area contributed by atoms with Crippen molar-refractivity contribution in [3.63, 3.8) is 0 Å². The van der Waals surface area contributed by atoms with Crippen molar-refractivity contribution < 1.29 is 4.74 Å². The highest BCUT2D eigenvalue weighted by Gasteiger charge is 2.05. The average Bonchev–Trinajstić information content (AvgIpc) is 2.28. The Morgan fingerprint density at radius 1 is 1.31 bits per heavy atom. The minimum Gasteiger partial charge on any atom is -0.495 e. The predicted molar refractivity (Wildman–Crippen MR) is 68.4 cm³/mol.